The van der Waals surface area contributed by atoms with Crippen LogP contribution in [-0.4, -0.2) is 18.2 Å². The van der Waals surface area contributed by atoms with E-state index in [1.807, 2.05) is 12.1 Å². The molecule has 0 amide bonds. The minimum absolute atomic E-state index is 0.358. The summed E-state index contributed by atoms with van der Waals surface area (Å²) in [6, 6.07) is 6.31. The van der Waals surface area contributed by atoms with Crippen molar-refractivity contribution in [3.05, 3.63) is 28.5 Å². The van der Waals surface area contributed by atoms with E-state index in [4.69, 9.17) is 4.74 Å². The maximum Gasteiger partial charge on any atom is 0.110 e. The van der Waals surface area contributed by atoms with Crippen molar-refractivity contribution in [3.8, 4) is 6.07 Å². The molecule has 1 aliphatic heterocycles. The van der Waals surface area contributed by atoms with Crippen LogP contribution < -0.4 is 0 Å². The van der Waals surface area contributed by atoms with Gasteiger partial charge in [0.15, 0.2) is 0 Å². The first kappa shape index (κ1) is 9.32. The van der Waals surface area contributed by atoms with Gasteiger partial charge in [0, 0.05) is 22.5 Å². The molecule has 1 aromatic rings. The lowest BCUT2D eigenvalue weighted by Crippen LogP contribution is -2.17. The van der Waals surface area contributed by atoms with Gasteiger partial charge in [-0.3, -0.25) is 4.98 Å². The second kappa shape index (κ2) is 3.03. The van der Waals surface area contributed by atoms with Crippen molar-refractivity contribution < 1.29 is 4.74 Å². The molecule has 0 N–H and O–H groups in total. The zero-order chi connectivity index (χ0) is 10.5. The van der Waals surface area contributed by atoms with Gasteiger partial charge in [0.2, 0.25) is 0 Å². The van der Waals surface area contributed by atoms with Gasteiger partial charge in [0.1, 0.15) is 5.41 Å². The van der Waals surface area contributed by atoms with Gasteiger partial charge in [-0.2, -0.15) is 5.26 Å². The van der Waals surface area contributed by atoms with Gasteiger partial charge in [0.25, 0.3) is 0 Å². The third-order valence-corrected chi connectivity index (χ3v) is 3.95. The second-order valence-corrected chi connectivity index (χ2v) is 5.01. The Morgan fingerprint density at radius 1 is 1.47 bits per heavy atom. The first-order valence-electron chi connectivity index (χ1n) is 4.90. The standard InChI is InChI=1S/C11H9BrN2O/c12-7-1-2-10(14-3-7)11(6-13)8-4-15-5-9(8)11/h1-3,8-9H,4-5H2/t8-,9+,11+. The largest absolute Gasteiger partial charge is 0.381 e. The second-order valence-electron chi connectivity index (χ2n) is 4.09. The molecule has 15 heavy (non-hydrogen) atoms. The Kier molecular flexibility index (Phi) is 1.88. The number of rotatable bonds is 1. The van der Waals surface area contributed by atoms with Crippen molar-refractivity contribution in [2.45, 2.75) is 5.41 Å². The number of nitriles is 1. The van der Waals surface area contributed by atoms with Crippen molar-refractivity contribution in [1.82, 2.24) is 4.98 Å². The van der Waals surface area contributed by atoms with Gasteiger partial charge in [-0.1, -0.05) is 0 Å². The van der Waals surface area contributed by atoms with Crippen LogP contribution in [0.4, 0.5) is 0 Å². The molecule has 2 heterocycles. The van der Waals surface area contributed by atoms with Crippen molar-refractivity contribution >= 4 is 15.9 Å². The normalized spacial score (nSPS) is 37.1. The average molecular weight is 265 g/mol. The summed E-state index contributed by atoms with van der Waals surface area (Å²) < 4.78 is 6.27. The third kappa shape index (κ3) is 1.11. The summed E-state index contributed by atoms with van der Waals surface area (Å²) in [6.45, 7) is 1.41. The highest BCUT2D eigenvalue weighted by Crippen LogP contribution is 2.62. The highest BCUT2D eigenvalue weighted by atomic mass is 79.9. The lowest BCUT2D eigenvalue weighted by molar-refractivity contribution is 0.151. The van der Waals surface area contributed by atoms with Crippen LogP contribution in [0.3, 0.4) is 0 Å². The molecule has 0 spiro atoms. The molecule has 0 aromatic carbocycles. The summed E-state index contributed by atoms with van der Waals surface area (Å²) >= 11 is 3.35. The van der Waals surface area contributed by atoms with Crippen LogP contribution in [0.1, 0.15) is 5.69 Å². The Bertz CT molecular complexity index is 427. The fraction of sp³-hybridized carbons (Fsp3) is 0.455. The van der Waals surface area contributed by atoms with E-state index in [0.717, 1.165) is 10.2 Å². The van der Waals surface area contributed by atoms with E-state index in [9.17, 15) is 5.26 Å². The average Bonchev–Trinajstić information content (AvgIpc) is 2.65. The number of aromatic nitrogens is 1. The smallest absolute Gasteiger partial charge is 0.110 e. The molecule has 0 bridgehead atoms. The lowest BCUT2D eigenvalue weighted by atomic mass is 9.98. The Hall–Kier alpha value is -0.920. The zero-order valence-electron chi connectivity index (χ0n) is 7.98. The predicted octanol–water partition coefficient (Wildman–Crippen LogP) is 1.88. The molecule has 4 heteroatoms. The van der Waals surface area contributed by atoms with E-state index in [0.29, 0.717) is 25.0 Å². The van der Waals surface area contributed by atoms with Crippen LogP contribution in [-0.2, 0) is 10.2 Å². The van der Waals surface area contributed by atoms with Crippen LogP contribution in [0.2, 0.25) is 0 Å². The van der Waals surface area contributed by atoms with E-state index in [1.54, 1.807) is 6.20 Å². The van der Waals surface area contributed by atoms with Crippen LogP contribution in [0, 0.1) is 23.2 Å². The molecular weight excluding hydrogens is 256 g/mol. The summed E-state index contributed by atoms with van der Waals surface area (Å²) in [7, 11) is 0. The Balaban J connectivity index is 2.00. The fourth-order valence-corrected chi connectivity index (χ4v) is 2.81. The summed E-state index contributed by atoms with van der Waals surface area (Å²) in [5.74, 6) is 0.715. The predicted molar refractivity (Wildman–Crippen MR) is 57.0 cm³/mol. The molecule has 1 saturated carbocycles. The van der Waals surface area contributed by atoms with Crippen LogP contribution in [0.15, 0.2) is 22.8 Å². The van der Waals surface area contributed by atoms with Crippen molar-refractivity contribution in [1.29, 1.82) is 5.26 Å². The van der Waals surface area contributed by atoms with E-state index in [2.05, 4.69) is 27.0 Å². The molecule has 1 aromatic heterocycles. The SMILES string of the molecule is N#C[C@]1(c2ccc(Br)cn2)[C@@H]2COC[C@@H]21. The number of fused-ring (bicyclic) bond motifs is 1. The van der Waals surface area contributed by atoms with E-state index in [1.165, 1.54) is 0 Å². The Morgan fingerprint density at radius 3 is 2.73 bits per heavy atom. The molecule has 3 rings (SSSR count). The highest BCUT2D eigenvalue weighted by Gasteiger charge is 2.70. The van der Waals surface area contributed by atoms with Crippen LogP contribution in [0.25, 0.3) is 0 Å². The van der Waals surface area contributed by atoms with E-state index in [-0.39, 0.29) is 5.41 Å². The van der Waals surface area contributed by atoms with Crippen molar-refractivity contribution in [2.24, 2.45) is 11.8 Å². The Morgan fingerprint density at radius 2 is 2.20 bits per heavy atom. The number of hydrogen-bond acceptors (Lipinski definition) is 3. The van der Waals surface area contributed by atoms with Crippen LogP contribution in [0.5, 0.6) is 0 Å². The quantitative estimate of drug-likeness (QED) is 0.778. The zero-order valence-corrected chi connectivity index (χ0v) is 9.57. The fourth-order valence-electron chi connectivity index (χ4n) is 2.58. The number of nitrogens with zero attached hydrogens (tertiary/aromatic N) is 2. The molecule has 2 fully saturated rings. The Labute approximate surface area is 96.2 Å². The molecular formula is C11H9BrN2O. The summed E-state index contributed by atoms with van der Waals surface area (Å²) in [5, 5.41) is 9.33. The topological polar surface area (TPSA) is 45.9 Å². The van der Waals surface area contributed by atoms with E-state index < -0.39 is 0 Å². The summed E-state index contributed by atoms with van der Waals surface area (Å²) in [4.78, 5) is 4.34. The molecule has 1 aliphatic carbocycles. The first-order valence-corrected chi connectivity index (χ1v) is 5.69. The van der Waals surface area contributed by atoms with Gasteiger partial charge in [0.05, 0.1) is 25.0 Å². The number of ether oxygens (including phenoxy) is 1. The summed E-state index contributed by atoms with van der Waals surface area (Å²) in [6.07, 6.45) is 1.75. The summed E-state index contributed by atoms with van der Waals surface area (Å²) in [5.41, 5.74) is 0.533. The maximum absolute atomic E-state index is 9.33. The van der Waals surface area contributed by atoms with Crippen molar-refractivity contribution in [2.75, 3.05) is 13.2 Å². The van der Waals surface area contributed by atoms with E-state index >= 15 is 0 Å². The monoisotopic (exact) mass is 264 g/mol. The van der Waals surface area contributed by atoms with Gasteiger partial charge in [-0.15, -0.1) is 0 Å². The van der Waals surface area contributed by atoms with Gasteiger partial charge in [-0.25, -0.2) is 0 Å². The maximum atomic E-state index is 9.33. The highest BCUT2D eigenvalue weighted by molar-refractivity contribution is 9.10. The molecule has 76 valence electrons. The molecule has 1 saturated heterocycles. The van der Waals surface area contributed by atoms with Gasteiger partial charge < -0.3 is 4.74 Å². The molecule has 3 atom stereocenters. The molecule has 0 radical (unpaired) electrons. The van der Waals surface area contributed by atoms with Gasteiger partial charge in [-0.05, 0) is 28.1 Å². The number of halogens is 1. The molecule has 2 aliphatic rings. The molecule has 3 nitrogen and oxygen atoms in total. The third-order valence-electron chi connectivity index (χ3n) is 3.48. The molecule has 0 unspecified atom stereocenters. The first-order chi connectivity index (χ1) is 7.29. The lowest BCUT2D eigenvalue weighted by Gasteiger charge is -2.11. The minimum Gasteiger partial charge on any atom is -0.381 e. The number of pyridine rings is 1. The number of hydrogen-bond donors (Lipinski definition) is 0. The van der Waals surface area contributed by atoms with Gasteiger partial charge >= 0.3 is 0 Å². The van der Waals surface area contributed by atoms with Crippen molar-refractivity contribution in [3.63, 3.8) is 0 Å². The minimum atomic E-state index is -0.362. The van der Waals surface area contributed by atoms with Crippen LogP contribution >= 0.6 is 15.9 Å².